The van der Waals surface area contributed by atoms with Crippen LogP contribution in [-0.4, -0.2) is 30.3 Å². The van der Waals surface area contributed by atoms with E-state index < -0.39 is 0 Å². The summed E-state index contributed by atoms with van der Waals surface area (Å²) in [6, 6.07) is 21.3. The van der Waals surface area contributed by atoms with Crippen molar-refractivity contribution >= 4 is 0 Å². The molecule has 2 aromatic carbocycles. The SMILES string of the molecule is NC1C(CCO)CNC1C(c1ccccc1)c1ccccc1. The molecular weight excluding hydrogens is 272 g/mol. The molecule has 22 heavy (non-hydrogen) atoms. The first kappa shape index (κ1) is 15.2. The highest BCUT2D eigenvalue weighted by atomic mass is 16.3. The van der Waals surface area contributed by atoms with Gasteiger partial charge in [-0.1, -0.05) is 60.7 Å². The first-order chi connectivity index (χ1) is 10.8. The van der Waals surface area contributed by atoms with Crippen molar-refractivity contribution < 1.29 is 5.11 Å². The molecule has 0 aromatic heterocycles. The van der Waals surface area contributed by atoms with Gasteiger partial charge in [0.2, 0.25) is 0 Å². The number of rotatable bonds is 5. The van der Waals surface area contributed by atoms with Gasteiger partial charge in [0.1, 0.15) is 0 Å². The van der Waals surface area contributed by atoms with E-state index in [9.17, 15) is 5.11 Å². The maximum atomic E-state index is 9.22. The second-order valence-electron chi connectivity index (χ2n) is 6.08. The number of hydrogen-bond acceptors (Lipinski definition) is 3. The van der Waals surface area contributed by atoms with Crippen molar-refractivity contribution in [3.8, 4) is 0 Å². The molecule has 1 heterocycles. The molecular formula is C19H24N2O. The van der Waals surface area contributed by atoms with E-state index in [-0.39, 0.29) is 24.6 Å². The molecule has 3 atom stereocenters. The second-order valence-corrected chi connectivity index (χ2v) is 6.08. The third-order valence-electron chi connectivity index (χ3n) is 4.75. The zero-order valence-electron chi connectivity index (χ0n) is 12.7. The van der Waals surface area contributed by atoms with Crippen LogP contribution in [-0.2, 0) is 0 Å². The number of hydrogen-bond donors (Lipinski definition) is 3. The van der Waals surface area contributed by atoms with Crippen LogP contribution in [0, 0.1) is 5.92 Å². The predicted octanol–water partition coefficient (Wildman–Crippen LogP) is 2.12. The quantitative estimate of drug-likeness (QED) is 0.792. The van der Waals surface area contributed by atoms with Crippen molar-refractivity contribution in [3.63, 3.8) is 0 Å². The molecule has 0 saturated carbocycles. The third-order valence-corrected chi connectivity index (χ3v) is 4.75. The zero-order chi connectivity index (χ0) is 15.4. The number of nitrogens with one attached hydrogen (secondary N) is 1. The van der Waals surface area contributed by atoms with Crippen molar-refractivity contribution in [3.05, 3.63) is 71.8 Å². The fourth-order valence-electron chi connectivity index (χ4n) is 3.58. The minimum atomic E-state index is 0.0533. The minimum Gasteiger partial charge on any atom is -0.396 e. The summed E-state index contributed by atoms with van der Waals surface area (Å²) in [5.41, 5.74) is 9.08. The average molecular weight is 296 g/mol. The molecule has 0 spiro atoms. The normalized spacial score (nSPS) is 24.8. The standard InChI is InChI=1S/C19H24N2O/c20-18-16(11-12-22)13-21-19(18)17(14-7-3-1-4-8-14)15-9-5-2-6-10-15/h1-10,16-19,21-22H,11-13,20H2. The van der Waals surface area contributed by atoms with Gasteiger partial charge in [-0.2, -0.15) is 0 Å². The number of benzene rings is 2. The second kappa shape index (κ2) is 7.05. The Bertz CT molecular complexity index is 533. The van der Waals surface area contributed by atoms with E-state index in [0.29, 0.717) is 5.92 Å². The number of nitrogens with two attached hydrogens (primary N) is 1. The highest BCUT2D eigenvalue weighted by Crippen LogP contribution is 2.33. The van der Waals surface area contributed by atoms with Gasteiger partial charge in [-0.05, 0) is 30.0 Å². The Morgan fingerprint density at radius 3 is 2.05 bits per heavy atom. The summed E-state index contributed by atoms with van der Waals surface area (Å²) in [5, 5.41) is 12.8. The lowest BCUT2D eigenvalue weighted by Gasteiger charge is -2.29. The first-order valence-corrected chi connectivity index (χ1v) is 8.01. The Kier molecular flexibility index (Phi) is 4.88. The average Bonchev–Trinajstić information content (AvgIpc) is 2.92. The third kappa shape index (κ3) is 3.07. The Morgan fingerprint density at radius 1 is 1.00 bits per heavy atom. The Balaban J connectivity index is 1.93. The molecule has 0 amide bonds. The fourth-order valence-corrected chi connectivity index (χ4v) is 3.58. The van der Waals surface area contributed by atoms with Crippen molar-refractivity contribution in [1.29, 1.82) is 0 Å². The summed E-state index contributed by atoms with van der Waals surface area (Å²) < 4.78 is 0. The monoisotopic (exact) mass is 296 g/mol. The molecule has 116 valence electrons. The largest absolute Gasteiger partial charge is 0.396 e. The van der Waals surface area contributed by atoms with Gasteiger partial charge < -0.3 is 16.2 Å². The molecule has 0 aliphatic carbocycles. The topological polar surface area (TPSA) is 58.3 Å². The van der Waals surface area contributed by atoms with E-state index in [0.717, 1.165) is 13.0 Å². The molecule has 1 aliphatic heterocycles. The van der Waals surface area contributed by atoms with Gasteiger partial charge in [0.25, 0.3) is 0 Å². The molecule has 0 bridgehead atoms. The van der Waals surface area contributed by atoms with Crippen LogP contribution in [0.3, 0.4) is 0 Å². The summed E-state index contributed by atoms with van der Waals surface area (Å²) >= 11 is 0. The molecule has 3 rings (SSSR count). The van der Waals surface area contributed by atoms with Crippen LogP contribution in [0.4, 0.5) is 0 Å². The van der Waals surface area contributed by atoms with Crippen molar-refractivity contribution in [2.45, 2.75) is 24.4 Å². The Morgan fingerprint density at radius 2 is 1.55 bits per heavy atom. The number of aliphatic hydroxyl groups is 1. The van der Waals surface area contributed by atoms with Crippen molar-refractivity contribution in [2.24, 2.45) is 11.7 Å². The van der Waals surface area contributed by atoms with Crippen LogP contribution in [0.1, 0.15) is 23.5 Å². The van der Waals surface area contributed by atoms with Gasteiger partial charge in [0.15, 0.2) is 0 Å². The van der Waals surface area contributed by atoms with Crippen LogP contribution in [0.5, 0.6) is 0 Å². The predicted molar refractivity (Wildman–Crippen MR) is 89.7 cm³/mol. The first-order valence-electron chi connectivity index (χ1n) is 8.01. The highest BCUT2D eigenvalue weighted by Gasteiger charge is 2.38. The van der Waals surface area contributed by atoms with Gasteiger partial charge in [-0.25, -0.2) is 0 Å². The lowest BCUT2D eigenvalue weighted by Crippen LogP contribution is -2.43. The maximum Gasteiger partial charge on any atom is 0.0434 e. The maximum absolute atomic E-state index is 9.22. The summed E-state index contributed by atoms with van der Waals surface area (Å²) in [4.78, 5) is 0. The van der Waals surface area contributed by atoms with Gasteiger partial charge in [0.05, 0.1) is 0 Å². The summed E-state index contributed by atoms with van der Waals surface area (Å²) in [5.74, 6) is 0.575. The molecule has 0 radical (unpaired) electrons. The number of aliphatic hydroxyl groups excluding tert-OH is 1. The van der Waals surface area contributed by atoms with Crippen molar-refractivity contribution in [1.82, 2.24) is 5.32 Å². The smallest absolute Gasteiger partial charge is 0.0434 e. The van der Waals surface area contributed by atoms with Gasteiger partial charge >= 0.3 is 0 Å². The van der Waals surface area contributed by atoms with Crippen LogP contribution in [0.2, 0.25) is 0 Å². The molecule has 2 aromatic rings. The summed E-state index contributed by atoms with van der Waals surface area (Å²) in [7, 11) is 0. The van der Waals surface area contributed by atoms with E-state index >= 15 is 0 Å². The molecule has 1 saturated heterocycles. The molecule has 3 unspecified atom stereocenters. The van der Waals surface area contributed by atoms with Crippen LogP contribution in [0.15, 0.2) is 60.7 Å². The van der Waals surface area contributed by atoms with Crippen LogP contribution in [0.25, 0.3) is 0 Å². The van der Waals surface area contributed by atoms with Crippen molar-refractivity contribution in [2.75, 3.05) is 13.2 Å². The minimum absolute atomic E-state index is 0.0533. The highest BCUT2D eigenvalue weighted by molar-refractivity contribution is 5.35. The fraction of sp³-hybridized carbons (Fsp3) is 0.368. The van der Waals surface area contributed by atoms with E-state index in [2.05, 4.69) is 53.8 Å². The van der Waals surface area contributed by atoms with Gasteiger partial charge in [-0.3, -0.25) is 0 Å². The Labute approximate surface area is 132 Å². The van der Waals surface area contributed by atoms with E-state index in [1.54, 1.807) is 0 Å². The van der Waals surface area contributed by atoms with E-state index in [4.69, 9.17) is 5.73 Å². The molecule has 1 fully saturated rings. The molecule has 4 N–H and O–H groups in total. The van der Waals surface area contributed by atoms with Crippen LogP contribution >= 0.6 is 0 Å². The van der Waals surface area contributed by atoms with E-state index in [1.165, 1.54) is 11.1 Å². The molecule has 3 nitrogen and oxygen atoms in total. The molecule has 3 heteroatoms. The molecule has 1 aliphatic rings. The lowest BCUT2D eigenvalue weighted by molar-refractivity contribution is 0.253. The summed E-state index contributed by atoms with van der Waals surface area (Å²) in [6.07, 6.45) is 0.765. The van der Waals surface area contributed by atoms with Crippen LogP contribution < -0.4 is 11.1 Å². The van der Waals surface area contributed by atoms with Gasteiger partial charge in [-0.15, -0.1) is 0 Å². The summed E-state index contributed by atoms with van der Waals surface area (Å²) in [6.45, 7) is 1.08. The van der Waals surface area contributed by atoms with E-state index in [1.807, 2.05) is 12.1 Å². The lowest BCUT2D eigenvalue weighted by atomic mass is 9.80. The Hall–Kier alpha value is -1.68. The zero-order valence-corrected chi connectivity index (χ0v) is 12.7. The van der Waals surface area contributed by atoms with Gasteiger partial charge in [0, 0.05) is 24.6 Å².